The van der Waals surface area contributed by atoms with Gasteiger partial charge in [0.25, 0.3) is 5.91 Å². The van der Waals surface area contributed by atoms with Crippen LogP contribution in [0.15, 0.2) is 47.6 Å². The third-order valence-corrected chi connectivity index (χ3v) is 7.35. The molecule has 0 saturated heterocycles. The van der Waals surface area contributed by atoms with E-state index in [2.05, 4.69) is 15.4 Å². The van der Waals surface area contributed by atoms with Crippen molar-refractivity contribution in [2.75, 3.05) is 12.3 Å². The smallest absolute Gasteiger partial charge is 0.272 e. The number of aromatic nitrogens is 3. The molecule has 2 heterocycles. The van der Waals surface area contributed by atoms with Crippen LogP contribution >= 0.6 is 0 Å². The van der Waals surface area contributed by atoms with Crippen molar-refractivity contribution < 1.29 is 22.0 Å². The number of halogens is 2. The number of amides is 1. The second-order valence-corrected chi connectivity index (χ2v) is 9.83. The zero-order chi connectivity index (χ0) is 21.8. The van der Waals surface area contributed by atoms with E-state index in [1.54, 1.807) is 12.1 Å². The lowest BCUT2D eigenvalue weighted by Crippen LogP contribution is -2.30. The number of nitrogens with one attached hydrogen (secondary N) is 1. The Kier molecular flexibility index (Phi) is 4.62. The molecule has 31 heavy (non-hydrogen) atoms. The van der Waals surface area contributed by atoms with Gasteiger partial charge in [-0.1, -0.05) is 6.07 Å². The van der Waals surface area contributed by atoms with Crippen LogP contribution in [0.2, 0.25) is 0 Å². The fraction of sp³-hybridized carbons (Fsp3) is 0.286. The molecular weight excluding hydrogens is 426 g/mol. The van der Waals surface area contributed by atoms with Gasteiger partial charge < -0.3 is 5.32 Å². The van der Waals surface area contributed by atoms with Crippen LogP contribution in [0.5, 0.6) is 0 Å². The van der Waals surface area contributed by atoms with Crippen molar-refractivity contribution in [2.24, 2.45) is 5.92 Å². The van der Waals surface area contributed by atoms with Crippen LogP contribution in [0.4, 0.5) is 8.78 Å². The van der Waals surface area contributed by atoms with Gasteiger partial charge in [0.15, 0.2) is 26.4 Å². The molecule has 1 saturated carbocycles. The lowest BCUT2D eigenvalue weighted by molar-refractivity contribution is 0.0949. The van der Waals surface area contributed by atoms with Crippen molar-refractivity contribution in [1.29, 1.82) is 0 Å². The average molecular weight is 444 g/mol. The van der Waals surface area contributed by atoms with Crippen molar-refractivity contribution in [3.63, 3.8) is 0 Å². The number of benzene rings is 1. The number of carbonyl (C=O) groups is 1. The Labute approximate surface area is 177 Å². The second kappa shape index (κ2) is 7.23. The molecule has 2 atom stereocenters. The zero-order valence-electron chi connectivity index (χ0n) is 16.3. The minimum atomic E-state index is -3.64. The Morgan fingerprint density at radius 1 is 1.23 bits per heavy atom. The molecule has 0 unspecified atom stereocenters. The predicted molar refractivity (Wildman–Crippen MR) is 107 cm³/mol. The Bertz CT molecular complexity index is 1290. The van der Waals surface area contributed by atoms with E-state index in [1.807, 2.05) is 0 Å². The summed E-state index contributed by atoms with van der Waals surface area (Å²) in [5.41, 5.74) is 1.76. The number of sulfone groups is 1. The highest BCUT2D eigenvalue weighted by atomic mass is 32.2. The first-order valence-corrected chi connectivity index (χ1v) is 11.5. The van der Waals surface area contributed by atoms with Crippen molar-refractivity contribution in [3.8, 4) is 5.69 Å². The van der Waals surface area contributed by atoms with Gasteiger partial charge in [-0.05, 0) is 43.0 Å². The molecule has 1 aromatic carbocycles. The van der Waals surface area contributed by atoms with Crippen LogP contribution in [0, 0.1) is 17.6 Å². The minimum Gasteiger partial charge on any atom is -0.350 e. The van der Waals surface area contributed by atoms with Crippen LogP contribution in [-0.2, 0) is 16.3 Å². The van der Waals surface area contributed by atoms with Gasteiger partial charge in [0, 0.05) is 30.3 Å². The third kappa shape index (κ3) is 3.50. The van der Waals surface area contributed by atoms with Gasteiger partial charge in [0.1, 0.15) is 11.5 Å². The summed E-state index contributed by atoms with van der Waals surface area (Å²) in [6, 6.07) is 7.82. The largest absolute Gasteiger partial charge is 0.350 e. The Hall–Kier alpha value is -3.14. The van der Waals surface area contributed by atoms with Gasteiger partial charge in [0.2, 0.25) is 0 Å². The van der Waals surface area contributed by atoms with Crippen LogP contribution < -0.4 is 5.32 Å². The first-order valence-electron chi connectivity index (χ1n) is 9.84. The molecule has 10 heteroatoms. The number of rotatable bonds is 6. The van der Waals surface area contributed by atoms with E-state index in [0.29, 0.717) is 12.3 Å². The summed E-state index contributed by atoms with van der Waals surface area (Å²) in [6.07, 6.45) is 3.00. The summed E-state index contributed by atoms with van der Waals surface area (Å²) in [5, 5.41) is 6.87. The highest BCUT2D eigenvalue weighted by molar-refractivity contribution is 7.91. The summed E-state index contributed by atoms with van der Waals surface area (Å²) >= 11 is 0. The molecule has 0 aliphatic heterocycles. The number of pyridine rings is 1. The average Bonchev–Trinajstić information content (AvgIpc) is 3.24. The van der Waals surface area contributed by atoms with Crippen LogP contribution in [0.25, 0.3) is 5.69 Å². The summed E-state index contributed by atoms with van der Waals surface area (Å²) in [5.74, 6) is -1.67. The quantitative estimate of drug-likeness (QED) is 0.630. The first-order chi connectivity index (χ1) is 14.8. The number of nitrogens with zero attached hydrogens (tertiary/aromatic N) is 3. The number of hydrogen-bond acceptors (Lipinski definition) is 5. The van der Waals surface area contributed by atoms with Crippen molar-refractivity contribution >= 4 is 15.7 Å². The maximum atomic E-state index is 14.4. The SMILES string of the molecule is O=C(NCCS(=O)(=O)c1ccccn1)c1nn(-c2ccc(F)cc2F)c2c1C[C@H]1C[C@@H]21. The van der Waals surface area contributed by atoms with Gasteiger partial charge in [0.05, 0.1) is 11.4 Å². The first kappa shape index (κ1) is 19.8. The molecule has 7 nitrogen and oxygen atoms in total. The monoisotopic (exact) mass is 444 g/mol. The lowest BCUT2D eigenvalue weighted by Gasteiger charge is -2.07. The molecule has 1 N–H and O–H groups in total. The molecule has 160 valence electrons. The van der Waals surface area contributed by atoms with E-state index in [-0.39, 0.29) is 34.6 Å². The molecule has 1 amide bonds. The zero-order valence-corrected chi connectivity index (χ0v) is 17.1. The van der Waals surface area contributed by atoms with E-state index in [4.69, 9.17) is 0 Å². The minimum absolute atomic E-state index is 0.0544. The Balaban J connectivity index is 1.37. The van der Waals surface area contributed by atoms with Crippen LogP contribution in [0.1, 0.15) is 34.1 Å². The van der Waals surface area contributed by atoms with E-state index in [1.165, 1.54) is 23.0 Å². The molecule has 2 aliphatic rings. The van der Waals surface area contributed by atoms with Gasteiger partial charge in [-0.2, -0.15) is 5.10 Å². The summed E-state index contributed by atoms with van der Waals surface area (Å²) in [6.45, 7) is -0.114. The molecule has 1 fully saturated rings. The summed E-state index contributed by atoms with van der Waals surface area (Å²) < 4.78 is 53.8. The van der Waals surface area contributed by atoms with E-state index in [9.17, 15) is 22.0 Å². The van der Waals surface area contributed by atoms with Crippen LogP contribution in [-0.4, -0.2) is 41.4 Å². The molecular formula is C21H18F2N4O3S. The molecule has 2 aromatic heterocycles. The van der Waals surface area contributed by atoms with E-state index < -0.39 is 27.4 Å². The number of carbonyl (C=O) groups excluding carboxylic acids is 1. The maximum absolute atomic E-state index is 14.4. The van der Waals surface area contributed by atoms with Gasteiger partial charge in [-0.25, -0.2) is 26.9 Å². The fourth-order valence-corrected chi connectivity index (χ4v) is 5.24. The summed E-state index contributed by atoms with van der Waals surface area (Å²) in [7, 11) is -3.64. The number of hydrogen-bond donors (Lipinski definition) is 1. The Morgan fingerprint density at radius 3 is 2.81 bits per heavy atom. The molecule has 3 aromatic rings. The van der Waals surface area contributed by atoms with Crippen molar-refractivity contribution in [1.82, 2.24) is 20.1 Å². The molecule has 0 bridgehead atoms. The molecule has 0 radical (unpaired) electrons. The van der Waals surface area contributed by atoms with Crippen LogP contribution in [0.3, 0.4) is 0 Å². The van der Waals surface area contributed by atoms with E-state index in [0.717, 1.165) is 29.8 Å². The fourth-order valence-electron chi connectivity index (χ4n) is 4.15. The highest BCUT2D eigenvalue weighted by Gasteiger charge is 2.50. The number of fused-ring (bicyclic) bond motifs is 3. The summed E-state index contributed by atoms with van der Waals surface area (Å²) in [4.78, 5) is 16.6. The normalized spacial score (nSPS) is 19.0. The van der Waals surface area contributed by atoms with E-state index >= 15 is 0 Å². The predicted octanol–water partition coefficient (Wildman–Crippen LogP) is 2.41. The standard InChI is InChI=1S/C21H18F2N4O3S/c22-13-4-5-17(16(23)11-13)27-20-14-9-12(14)10-15(20)19(26-27)21(28)25-7-8-31(29,30)18-3-1-2-6-24-18/h1-6,11-12,14H,7-10H2,(H,25,28)/t12-,14-/m1/s1. The molecule has 0 spiro atoms. The van der Waals surface area contributed by atoms with Crippen molar-refractivity contribution in [3.05, 3.63) is 71.2 Å². The van der Waals surface area contributed by atoms with Crippen molar-refractivity contribution in [2.45, 2.75) is 23.8 Å². The second-order valence-electron chi connectivity index (χ2n) is 7.77. The lowest BCUT2D eigenvalue weighted by atomic mass is 10.1. The molecule has 2 aliphatic carbocycles. The maximum Gasteiger partial charge on any atom is 0.272 e. The highest BCUT2D eigenvalue weighted by Crippen LogP contribution is 2.57. The Morgan fingerprint density at radius 2 is 2.06 bits per heavy atom. The third-order valence-electron chi connectivity index (χ3n) is 5.73. The topological polar surface area (TPSA) is 93.9 Å². The van der Waals surface area contributed by atoms with Gasteiger partial charge in [-0.3, -0.25) is 4.79 Å². The van der Waals surface area contributed by atoms with Gasteiger partial charge in [-0.15, -0.1) is 0 Å². The van der Waals surface area contributed by atoms with Gasteiger partial charge >= 0.3 is 0 Å². The molecule has 5 rings (SSSR count).